The molecule has 82 valence electrons. The highest BCUT2D eigenvalue weighted by Gasteiger charge is 2.19. The molecule has 0 spiro atoms. The van der Waals surface area contributed by atoms with Gasteiger partial charge in [0.15, 0.2) is 0 Å². The number of hydrogen-bond donors (Lipinski definition) is 2. The molecule has 0 atom stereocenters. The van der Waals surface area contributed by atoms with Crippen LogP contribution in [0.25, 0.3) is 0 Å². The summed E-state index contributed by atoms with van der Waals surface area (Å²) in [4.78, 5) is 23.6. The molecule has 0 aliphatic carbocycles. The highest BCUT2D eigenvalue weighted by atomic mass is 79.9. The van der Waals surface area contributed by atoms with Gasteiger partial charge in [0, 0.05) is 0 Å². The van der Waals surface area contributed by atoms with Gasteiger partial charge in [0.25, 0.3) is 12.0 Å². The largest absolute Gasteiger partial charge is 0.481 e. The quantitative estimate of drug-likeness (QED) is 0.829. The van der Waals surface area contributed by atoms with Crippen LogP contribution < -0.4 is 5.56 Å². The number of carboxylic acids is 1. The maximum atomic E-state index is 12.4. The number of pyridine rings is 1. The Labute approximate surface area is 91.1 Å². The van der Waals surface area contributed by atoms with Crippen LogP contribution in [-0.2, 0) is 11.2 Å². The lowest BCUT2D eigenvalue weighted by Gasteiger charge is -2.05. The van der Waals surface area contributed by atoms with Crippen molar-refractivity contribution in [2.45, 2.75) is 12.8 Å². The minimum absolute atomic E-state index is 0.174. The molecule has 7 heteroatoms. The van der Waals surface area contributed by atoms with Crippen molar-refractivity contribution < 1.29 is 18.7 Å². The molecule has 0 saturated heterocycles. The third kappa shape index (κ3) is 2.85. The Balaban J connectivity index is 3.33. The second-order valence-electron chi connectivity index (χ2n) is 2.76. The van der Waals surface area contributed by atoms with Crippen molar-refractivity contribution in [1.82, 2.24) is 4.98 Å². The van der Waals surface area contributed by atoms with E-state index in [2.05, 4.69) is 20.9 Å². The maximum Gasteiger partial charge on any atom is 0.307 e. The van der Waals surface area contributed by atoms with Crippen LogP contribution in [0.4, 0.5) is 8.78 Å². The van der Waals surface area contributed by atoms with E-state index in [0.29, 0.717) is 0 Å². The first-order valence-electron chi connectivity index (χ1n) is 3.83. The number of aromatic amines is 1. The van der Waals surface area contributed by atoms with Crippen LogP contribution >= 0.6 is 15.9 Å². The number of rotatable bonds is 3. The number of hydrogen-bond acceptors (Lipinski definition) is 2. The van der Waals surface area contributed by atoms with Crippen molar-refractivity contribution in [3.63, 3.8) is 0 Å². The second-order valence-corrected chi connectivity index (χ2v) is 3.61. The number of aliphatic carboxylic acids is 1. The lowest BCUT2D eigenvalue weighted by atomic mass is 10.1. The lowest BCUT2D eigenvalue weighted by molar-refractivity contribution is -0.136. The molecule has 1 rings (SSSR count). The standard InChI is InChI=1S/C8H6BrF2NO3/c9-4-1-3(2-5(13)14)6(7(10)11)8(15)12-4/h1,7H,2H2,(H,12,15)(H,13,14). The predicted molar refractivity (Wildman–Crippen MR) is 51.1 cm³/mol. The van der Waals surface area contributed by atoms with E-state index in [4.69, 9.17) is 5.11 Å². The summed E-state index contributed by atoms with van der Waals surface area (Å²) in [5.41, 5.74) is -1.95. The summed E-state index contributed by atoms with van der Waals surface area (Å²) < 4.78 is 25.1. The molecular weight excluding hydrogens is 276 g/mol. The van der Waals surface area contributed by atoms with Gasteiger partial charge in [-0.3, -0.25) is 9.59 Å². The maximum absolute atomic E-state index is 12.4. The van der Waals surface area contributed by atoms with Gasteiger partial charge in [0.05, 0.1) is 16.6 Å². The van der Waals surface area contributed by atoms with E-state index < -0.39 is 29.9 Å². The summed E-state index contributed by atoms with van der Waals surface area (Å²) in [7, 11) is 0. The number of aromatic nitrogens is 1. The van der Waals surface area contributed by atoms with Crippen molar-refractivity contribution >= 4 is 21.9 Å². The van der Waals surface area contributed by atoms with Crippen LogP contribution in [0.1, 0.15) is 17.6 Å². The molecule has 0 bridgehead atoms. The van der Waals surface area contributed by atoms with E-state index in [0.717, 1.165) is 6.07 Å². The molecular formula is C8H6BrF2NO3. The van der Waals surface area contributed by atoms with Gasteiger partial charge < -0.3 is 10.1 Å². The number of alkyl halides is 2. The Bertz CT molecular complexity index is 444. The van der Waals surface area contributed by atoms with Crippen molar-refractivity contribution in [1.29, 1.82) is 0 Å². The molecule has 0 amide bonds. The van der Waals surface area contributed by atoms with E-state index in [1.54, 1.807) is 0 Å². The van der Waals surface area contributed by atoms with Gasteiger partial charge in [-0.25, -0.2) is 8.78 Å². The Kier molecular flexibility index (Phi) is 3.57. The molecule has 1 aromatic heterocycles. The Morgan fingerprint density at radius 3 is 2.67 bits per heavy atom. The van der Waals surface area contributed by atoms with Crippen LogP contribution in [0.2, 0.25) is 0 Å². The third-order valence-corrected chi connectivity index (χ3v) is 2.11. The van der Waals surface area contributed by atoms with Crippen LogP contribution in [-0.4, -0.2) is 16.1 Å². The zero-order valence-corrected chi connectivity index (χ0v) is 8.85. The molecule has 0 aromatic carbocycles. The lowest BCUT2D eigenvalue weighted by Crippen LogP contribution is -2.18. The second kappa shape index (κ2) is 4.52. The highest BCUT2D eigenvalue weighted by molar-refractivity contribution is 9.10. The number of carbonyl (C=O) groups is 1. The van der Waals surface area contributed by atoms with Crippen molar-refractivity contribution in [2.75, 3.05) is 0 Å². The topological polar surface area (TPSA) is 70.2 Å². The number of nitrogens with one attached hydrogen (secondary N) is 1. The van der Waals surface area contributed by atoms with Gasteiger partial charge >= 0.3 is 5.97 Å². The minimum atomic E-state index is -2.99. The fourth-order valence-electron chi connectivity index (χ4n) is 1.14. The highest BCUT2D eigenvalue weighted by Crippen LogP contribution is 2.21. The molecule has 15 heavy (non-hydrogen) atoms. The first-order valence-corrected chi connectivity index (χ1v) is 4.62. The van der Waals surface area contributed by atoms with E-state index >= 15 is 0 Å². The zero-order valence-electron chi connectivity index (χ0n) is 7.26. The smallest absolute Gasteiger partial charge is 0.307 e. The molecule has 1 aromatic rings. The fourth-order valence-corrected chi connectivity index (χ4v) is 1.59. The molecule has 0 aliphatic heterocycles. The molecule has 1 heterocycles. The van der Waals surface area contributed by atoms with E-state index in [1.165, 1.54) is 0 Å². The summed E-state index contributed by atoms with van der Waals surface area (Å²) >= 11 is 2.89. The van der Waals surface area contributed by atoms with Crippen LogP contribution in [0.3, 0.4) is 0 Å². The number of carboxylic acid groups (broad SMARTS) is 1. The van der Waals surface area contributed by atoms with Crippen LogP contribution in [0, 0.1) is 0 Å². The Hall–Kier alpha value is -1.24. The summed E-state index contributed by atoms with van der Waals surface area (Å²) in [6.07, 6.45) is -3.60. The Morgan fingerprint density at radius 1 is 1.60 bits per heavy atom. The number of H-pyrrole nitrogens is 1. The summed E-state index contributed by atoms with van der Waals surface area (Å²) in [6.45, 7) is 0. The minimum Gasteiger partial charge on any atom is -0.481 e. The fraction of sp³-hybridized carbons (Fsp3) is 0.250. The summed E-state index contributed by atoms with van der Waals surface area (Å²) in [5, 5.41) is 8.48. The van der Waals surface area contributed by atoms with Gasteiger partial charge in [-0.15, -0.1) is 0 Å². The van der Waals surface area contributed by atoms with Gasteiger partial charge in [-0.05, 0) is 27.6 Å². The molecule has 0 unspecified atom stereocenters. The van der Waals surface area contributed by atoms with E-state index in [1.807, 2.05) is 0 Å². The average Bonchev–Trinajstić information content (AvgIpc) is 1.99. The SMILES string of the molecule is O=C(O)Cc1cc(Br)[nH]c(=O)c1C(F)F. The Morgan fingerprint density at radius 2 is 2.20 bits per heavy atom. The van der Waals surface area contributed by atoms with Crippen molar-refractivity contribution in [3.8, 4) is 0 Å². The summed E-state index contributed by atoms with van der Waals surface area (Å²) in [5.74, 6) is -1.27. The van der Waals surface area contributed by atoms with E-state index in [9.17, 15) is 18.4 Å². The molecule has 0 saturated carbocycles. The van der Waals surface area contributed by atoms with Gasteiger partial charge in [-0.1, -0.05) is 0 Å². The molecule has 0 radical (unpaired) electrons. The monoisotopic (exact) mass is 281 g/mol. The molecule has 4 nitrogen and oxygen atoms in total. The zero-order chi connectivity index (χ0) is 11.6. The van der Waals surface area contributed by atoms with Gasteiger partial charge in [0.2, 0.25) is 0 Å². The predicted octanol–water partition coefficient (Wildman–Crippen LogP) is 1.70. The number of halogens is 3. The van der Waals surface area contributed by atoms with Crippen LogP contribution in [0.15, 0.2) is 15.5 Å². The van der Waals surface area contributed by atoms with Gasteiger partial charge in [-0.2, -0.15) is 0 Å². The molecule has 2 N–H and O–H groups in total. The molecule has 0 fully saturated rings. The van der Waals surface area contributed by atoms with E-state index in [-0.39, 0.29) is 10.2 Å². The first kappa shape index (κ1) is 11.8. The normalized spacial score (nSPS) is 10.7. The first-order chi connectivity index (χ1) is 6.91. The van der Waals surface area contributed by atoms with Gasteiger partial charge in [0.1, 0.15) is 0 Å². The van der Waals surface area contributed by atoms with Crippen molar-refractivity contribution in [2.24, 2.45) is 0 Å². The molecule has 0 aliphatic rings. The third-order valence-electron chi connectivity index (χ3n) is 1.68. The average molecular weight is 282 g/mol. The van der Waals surface area contributed by atoms with Crippen LogP contribution in [0.5, 0.6) is 0 Å². The van der Waals surface area contributed by atoms with Crippen molar-refractivity contribution in [3.05, 3.63) is 32.2 Å². The summed E-state index contributed by atoms with van der Waals surface area (Å²) in [6, 6.07) is 1.16.